The van der Waals surface area contributed by atoms with Crippen LogP contribution in [-0.2, 0) is 17.3 Å². The third-order valence-electron chi connectivity index (χ3n) is 2.36. The largest absolute Gasteiger partial charge is 0.309 e. The van der Waals surface area contributed by atoms with Crippen LogP contribution in [0.3, 0.4) is 0 Å². The zero-order valence-corrected chi connectivity index (χ0v) is 10.7. The number of rotatable bonds is 5. The van der Waals surface area contributed by atoms with E-state index in [1.165, 1.54) is 6.07 Å². The second-order valence-electron chi connectivity index (χ2n) is 4.11. The van der Waals surface area contributed by atoms with Crippen molar-refractivity contribution < 1.29 is 8.60 Å². The molecule has 0 aliphatic heterocycles. The average molecular weight is 243 g/mol. The van der Waals surface area contributed by atoms with Crippen molar-refractivity contribution in [3.8, 4) is 0 Å². The first-order valence-electron chi connectivity index (χ1n) is 5.27. The van der Waals surface area contributed by atoms with Crippen LogP contribution in [-0.4, -0.2) is 22.3 Å². The molecule has 1 aromatic carbocycles. The normalized spacial score (nSPS) is 14.8. The average Bonchev–Trinajstić information content (AvgIpc) is 2.19. The third-order valence-corrected chi connectivity index (χ3v) is 3.33. The van der Waals surface area contributed by atoms with Crippen LogP contribution in [0.5, 0.6) is 0 Å². The molecule has 2 unspecified atom stereocenters. The Hall–Kier alpha value is -0.740. The zero-order valence-electron chi connectivity index (χ0n) is 9.92. The highest BCUT2D eigenvalue weighted by molar-refractivity contribution is 7.84. The number of halogens is 1. The highest BCUT2D eigenvalue weighted by Gasteiger charge is 2.04. The molecule has 1 aromatic rings. The maximum absolute atomic E-state index is 13.0. The van der Waals surface area contributed by atoms with Crippen LogP contribution in [0.15, 0.2) is 18.2 Å². The van der Waals surface area contributed by atoms with Crippen LogP contribution in [0.25, 0.3) is 0 Å². The summed E-state index contributed by atoms with van der Waals surface area (Å²) in [5, 5.41) is 3.26. The van der Waals surface area contributed by atoms with Gasteiger partial charge in [0.15, 0.2) is 0 Å². The van der Waals surface area contributed by atoms with Gasteiger partial charge in [-0.25, -0.2) is 4.39 Å². The Labute approximate surface area is 98.7 Å². The van der Waals surface area contributed by atoms with Crippen LogP contribution in [0.4, 0.5) is 4.39 Å². The van der Waals surface area contributed by atoms with Gasteiger partial charge in [0.1, 0.15) is 5.82 Å². The van der Waals surface area contributed by atoms with Gasteiger partial charge in [0.05, 0.1) is 0 Å². The second kappa shape index (κ2) is 6.11. The highest BCUT2D eigenvalue weighted by atomic mass is 32.2. The predicted molar refractivity (Wildman–Crippen MR) is 66.4 cm³/mol. The Morgan fingerprint density at radius 1 is 1.50 bits per heavy atom. The molecular weight excluding hydrogens is 225 g/mol. The molecule has 1 rings (SSSR count). The van der Waals surface area contributed by atoms with E-state index in [0.717, 1.165) is 5.56 Å². The van der Waals surface area contributed by atoms with Crippen molar-refractivity contribution in [1.82, 2.24) is 5.32 Å². The van der Waals surface area contributed by atoms with Crippen molar-refractivity contribution in [2.45, 2.75) is 26.4 Å². The van der Waals surface area contributed by atoms with Crippen LogP contribution >= 0.6 is 0 Å². The van der Waals surface area contributed by atoms with Gasteiger partial charge in [-0.3, -0.25) is 4.21 Å². The van der Waals surface area contributed by atoms with E-state index in [2.05, 4.69) is 5.32 Å². The summed E-state index contributed by atoms with van der Waals surface area (Å²) in [5.41, 5.74) is 1.71. The number of nitrogens with one attached hydrogen (secondary N) is 1. The molecule has 0 bridgehead atoms. The van der Waals surface area contributed by atoms with E-state index in [4.69, 9.17) is 0 Å². The molecule has 0 saturated heterocycles. The minimum atomic E-state index is -0.784. The van der Waals surface area contributed by atoms with Gasteiger partial charge < -0.3 is 5.32 Å². The van der Waals surface area contributed by atoms with Gasteiger partial charge in [0.2, 0.25) is 0 Å². The van der Waals surface area contributed by atoms with Crippen molar-refractivity contribution in [1.29, 1.82) is 0 Å². The lowest BCUT2D eigenvalue weighted by atomic mass is 10.1. The van der Waals surface area contributed by atoms with Crippen molar-refractivity contribution >= 4 is 10.8 Å². The first-order valence-corrected chi connectivity index (χ1v) is 7.00. The summed E-state index contributed by atoms with van der Waals surface area (Å²) in [6.07, 6.45) is 1.69. The van der Waals surface area contributed by atoms with Gasteiger partial charge in [-0.2, -0.15) is 0 Å². The molecule has 0 heterocycles. The molecule has 0 amide bonds. The number of hydrogen-bond donors (Lipinski definition) is 1. The summed E-state index contributed by atoms with van der Waals surface area (Å²) in [6.45, 7) is 4.43. The highest BCUT2D eigenvalue weighted by Crippen LogP contribution is 2.09. The molecule has 16 heavy (non-hydrogen) atoms. The molecule has 0 aliphatic carbocycles. The molecule has 0 spiro atoms. The monoisotopic (exact) mass is 243 g/mol. The van der Waals surface area contributed by atoms with Gasteiger partial charge in [0.25, 0.3) is 0 Å². The van der Waals surface area contributed by atoms with Gasteiger partial charge in [-0.15, -0.1) is 0 Å². The zero-order chi connectivity index (χ0) is 12.1. The summed E-state index contributed by atoms with van der Waals surface area (Å²) in [6, 6.07) is 5.29. The van der Waals surface area contributed by atoms with Crippen LogP contribution < -0.4 is 5.32 Å². The maximum Gasteiger partial charge on any atom is 0.126 e. The molecule has 0 aromatic heterocycles. The predicted octanol–water partition coefficient (Wildman–Crippen LogP) is 1.99. The van der Waals surface area contributed by atoms with E-state index in [1.807, 2.05) is 13.0 Å². The lowest BCUT2D eigenvalue weighted by Gasteiger charge is -2.12. The second-order valence-corrected chi connectivity index (χ2v) is 5.59. The molecule has 1 N–H and O–H groups in total. The van der Waals surface area contributed by atoms with Gasteiger partial charge in [-0.05, 0) is 31.0 Å². The number of benzene rings is 1. The van der Waals surface area contributed by atoms with Crippen LogP contribution in [0.2, 0.25) is 0 Å². The van der Waals surface area contributed by atoms with E-state index in [-0.39, 0.29) is 11.9 Å². The summed E-state index contributed by atoms with van der Waals surface area (Å²) < 4.78 is 24.0. The van der Waals surface area contributed by atoms with Gasteiger partial charge in [0, 0.05) is 35.4 Å². The first-order chi connectivity index (χ1) is 7.49. The molecule has 90 valence electrons. The Morgan fingerprint density at radius 3 is 2.75 bits per heavy atom. The minimum absolute atomic E-state index is 0.175. The standard InChI is InChI=1S/C12H18FNOS/c1-9-6-11(4-5-12(9)13)7-14-10(2)8-16(3)15/h4-6,10,14H,7-8H2,1-3H3. The van der Waals surface area contributed by atoms with Gasteiger partial charge in [-0.1, -0.05) is 12.1 Å². The molecule has 4 heteroatoms. The number of hydrogen-bond acceptors (Lipinski definition) is 2. The Kier molecular flexibility index (Phi) is 5.09. The Balaban J connectivity index is 2.48. The summed E-state index contributed by atoms with van der Waals surface area (Å²) in [4.78, 5) is 0. The first kappa shape index (κ1) is 13.3. The fourth-order valence-corrected chi connectivity index (χ4v) is 2.34. The van der Waals surface area contributed by atoms with E-state index in [9.17, 15) is 8.60 Å². The van der Waals surface area contributed by atoms with Crippen LogP contribution in [0, 0.1) is 12.7 Å². The van der Waals surface area contributed by atoms with Crippen molar-refractivity contribution in [2.24, 2.45) is 0 Å². The molecule has 0 radical (unpaired) electrons. The quantitative estimate of drug-likeness (QED) is 0.857. The fourth-order valence-electron chi connectivity index (χ4n) is 1.52. The SMILES string of the molecule is Cc1cc(CNC(C)CS(C)=O)ccc1F. The van der Waals surface area contributed by atoms with Gasteiger partial charge >= 0.3 is 0 Å². The van der Waals surface area contributed by atoms with E-state index in [0.29, 0.717) is 17.9 Å². The summed E-state index contributed by atoms with van der Waals surface area (Å²) in [7, 11) is -0.784. The molecule has 2 atom stereocenters. The van der Waals surface area contributed by atoms with Crippen LogP contribution in [0.1, 0.15) is 18.1 Å². The lowest BCUT2D eigenvalue weighted by molar-refractivity contribution is 0.583. The molecule has 0 aliphatic rings. The van der Waals surface area contributed by atoms with Crippen molar-refractivity contribution in [3.63, 3.8) is 0 Å². The molecular formula is C12H18FNOS. The molecule has 0 saturated carbocycles. The topological polar surface area (TPSA) is 29.1 Å². The van der Waals surface area contributed by atoms with Crippen molar-refractivity contribution in [2.75, 3.05) is 12.0 Å². The minimum Gasteiger partial charge on any atom is -0.309 e. The molecule has 0 fully saturated rings. The van der Waals surface area contributed by atoms with Crippen molar-refractivity contribution in [3.05, 3.63) is 35.1 Å². The maximum atomic E-state index is 13.0. The Morgan fingerprint density at radius 2 is 2.19 bits per heavy atom. The lowest BCUT2D eigenvalue weighted by Crippen LogP contribution is -2.30. The third kappa shape index (κ3) is 4.41. The smallest absolute Gasteiger partial charge is 0.126 e. The molecule has 2 nitrogen and oxygen atoms in total. The van der Waals surface area contributed by atoms with E-state index in [1.54, 1.807) is 19.2 Å². The summed E-state index contributed by atoms with van der Waals surface area (Å²) in [5.74, 6) is 0.464. The Bertz CT molecular complexity index is 381. The van der Waals surface area contributed by atoms with E-state index < -0.39 is 10.8 Å². The summed E-state index contributed by atoms with van der Waals surface area (Å²) >= 11 is 0. The number of aryl methyl sites for hydroxylation is 1. The van der Waals surface area contributed by atoms with E-state index >= 15 is 0 Å². The fraction of sp³-hybridized carbons (Fsp3) is 0.500.